The first-order valence-corrected chi connectivity index (χ1v) is 7.43. The number of carbonyl (C=O) groups is 1. The largest absolute Gasteiger partial charge is 0.338 e. The zero-order valence-electron chi connectivity index (χ0n) is 11.0. The van der Waals surface area contributed by atoms with Crippen molar-refractivity contribution in [2.24, 2.45) is 17.8 Å². The highest BCUT2D eigenvalue weighted by Crippen LogP contribution is 2.49. The zero-order chi connectivity index (χ0) is 12.6. The first kappa shape index (κ1) is 12.0. The third-order valence-electron chi connectivity index (χ3n) is 5.38. The maximum atomic E-state index is 12.1. The number of rotatable bonds is 3. The molecule has 3 atom stereocenters. The summed E-state index contributed by atoms with van der Waals surface area (Å²) < 4.78 is 0. The molecule has 0 aliphatic heterocycles. The molecule has 0 spiro atoms. The van der Waals surface area contributed by atoms with Gasteiger partial charge in [-0.15, -0.1) is 0 Å². The molecule has 18 heavy (non-hydrogen) atoms. The molecule has 1 amide bonds. The molecule has 3 unspecified atom stereocenters. The predicted molar refractivity (Wildman–Crippen MR) is 68.5 cm³/mol. The van der Waals surface area contributed by atoms with Crippen LogP contribution < -0.4 is 5.32 Å². The quantitative estimate of drug-likeness (QED) is 0.832. The molecule has 0 radical (unpaired) electrons. The van der Waals surface area contributed by atoms with Crippen LogP contribution in [0.4, 0.5) is 0 Å². The molecule has 98 valence electrons. The number of nitrogens with one attached hydrogen (secondary N) is 1. The average molecular weight is 246 g/mol. The summed E-state index contributed by atoms with van der Waals surface area (Å²) in [4.78, 5) is 12.1. The number of amides is 1. The smallest absolute Gasteiger partial charge is 0.221 e. The van der Waals surface area contributed by atoms with Crippen LogP contribution in [0.2, 0.25) is 0 Å². The lowest BCUT2D eigenvalue weighted by Gasteiger charge is -2.25. The molecule has 3 aliphatic rings. The van der Waals surface area contributed by atoms with Gasteiger partial charge in [-0.2, -0.15) is 5.26 Å². The van der Waals surface area contributed by atoms with Gasteiger partial charge in [-0.1, -0.05) is 6.42 Å². The fraction of sp³-hybridized carbons (Fsp3) is 0.867. The van der Waals surface area contributed by atoms with Crippen LogP contribution in [0.5, 0.6) is 0 Å². The van der Waals surface area contributed by atoms with E-state index in [-0.39, 0.29) is 5.91 Å². The summed E-state index contributed by atoms with van der Waals surface area (Å²) >= 11 is 0. The number of fused-ring (bicyclic) bond motifs is 2. The van der Waals surface area contributed by atoms with Gasteiger partial charge in [0, 0.05) is 6.42 Å². The van der Waals surface area contributed by atoms with E-state index in [2.05, 4.69) is 11.4 Å². The molecule has 0 aromatic carbocycles. The Kier molecular flexibility index (Phi) is 3.05. The van der Waals surface area contributed by atoms with Crippen LogP contribution in [0.25, 0.3) is 0 Å². The lowest BCUT2D eigenvalue weighted by atomic mass is 9.86. The Morgan fingerprint density at radius 1 is 1.28 bits per heavy atom. The van der Waals surface area contributed by atoms with Gasteiger partial charge in [0.2, 0.25) is 5.91 Å². The third kappa shape index (κ3) is 2.13. The van der Waals surface area contributed by atoms with Crippen LogP contribution >= 0.6 is 0 Å². The van der Waals surface area contributed by atoms with Crippen molar-refractivity contribution < 1.29 is 4.79 Å². The van der Waals surface area contributed by atoms with Crippen molar-refractivity contribution in [2.45, 2.75) is 63.3 Å². The highest BCUT2D eigenvalue weighted by Gasteiger charge is 2.41. The Morgan fingerprint density at radius 2 is 2.06 bits per heavy atom. The van der Waals surface area contributed by atoms with Gasteiger partial charge in [0.05, 0.1) is 6.07 Å². The fourth-order valence-corrected chi connectivity index (χ4v) is 4.43. The Morgan fingerprint density at radius 3 is 2.61 bits per heavy atom. The Labute approximate surface area is 109 Å². The van der Waals surface area contributed by atoms with E-state index >= 15 is 0 Å². The second kappa shape index (κ2) is 4.57. The van der Waals surface area contributed by atoms with E-state index in [4.69, 9.17) is 0 Å². The number of carbonyl (C=O) groups excluding carboxylic acids is 1. The van der Waals surface area contributed by atoms with Crippen LogP contribution in [0, 0.1) is 29.1 Å². The highest BCUT2D eigenvalue weighted by atomic mass is 16.1. The first-order valence-electron chi connectivity index (χ1n) is 7.43. The molecule has 0 aromatic heterocycles. The second-order valence-corrected chi connectivity index (χ2v) is 6.59. The fourth-order valence-electron chi connectivity index (χ4n) is 4.43. The molecule has 3 fully saturated rings. The second-order valence-electron chi connectivity index (χ2n) is 6.59. The first-order chi connectivity index (χ1) is 8.71. The zero-order valence-corrected chi connectivity index (χ0v) is 11.0. The lowest BCUT2D eigenvalue weighted by molar-refractivity contribution is -0.123. The van der Waals surface area contributed by atoms with Gasteiger partial charge >= 0.3 is 0 Å². The van der Waals surface area contributed by atoms with Crippen molar-refractivity contribution in [2.75, 3.05) is 0 Å². The van der Waals surface area contributed by atoms with Crippen LogP contribution in [0.1, 0.15) is 57.8 Å². The van der Waals surface area contributed by atoms with E-state index in [0.29, 0.717) is 12.3 Å². The maximum absolute atomic E-state index is 12.1. The molecule has 3 aliphatic carbocycles. The van der Waals surface area contributed by atoms with Gasteiger partial charge in [0.15, 0.2) is 0 Å². The molecule has 3 rings (SSSR count). The molecule has 3 saturated carbocycles. The number of nitriles is 1. The van der Waals surface area contributed by atoms with Crippen molar-refractivity contribution in [1.29, 1.82) is 5.26 Å². The van der Waals surface area contributed by atoms with E-state index in [0.717, 1.165) is 37.5 Å². The Balaban J connectivity index is 1.54. The van der Waals surface area contributed by atoms with Crippen LogP contribution in [-0.4, -0.2) is 11.4 Å². The maximum Gasteiger partial charge on any atom is 0.221 e. The third-order valence-corrected chi connectivity index (χ3v) is 5.38. The molecule has 2 bridgehead atoms. The SMILES string of the molecule is N#CC1(NC(=O)CC2CC3CCC2C3)CCCC1. The minimum absolute atomic E-state index is 0.121. The van der Waals surface area contributed by atoms with Gasteiger partial charge in [-0.25, -0.2) is 0 Å². The van der Waals surface area contributed by atoms with Crippen LogP contribution in [-0.2, 0) is 4.79 Å². The van der Waals surface area contributed by atoms with E-state index in [9.17, 15) is 10.1 Å². The molecule has 3 heteroatoms. The Hall–Kier alpha value is -1.04. The summed E-state index contributed by atoms with van der Waals surface area (Å²) in [7, 11) is 0. The van der Waals surface area contributed by atoms with Gasteiger partial charge < -0.3 is 5.32 Å². The lowest BCUT2D eigenvalue weighted by Crippen LogP contribution is -2.45. The van der Waals surface area contributed by atoms with E-state index in [1.165, 1.54) is 25.7 Å². The van der Waals surface area contributed by atoms with Crippen molar-refractivity contribution in [1.82, 2.24) is 5.32 Å². The predicted octanol–water partition coefficient (Wildman–Crippen LogP) is 2.77. The van der Waals surface area contributed by atoms with Gasteiger partial charge in [0.1, 0.15) is 5.54 Å². The summed E-state index contributed by atoms with van der Waals surface area (Å²) in [5.41, 5.74) is -0.533. The molecule has 0 aromatic rings. The van der Waals surface area contributed by atoms with Gasteiger partial charge in [-0.3, -0.25) is 4.79 Å². The molecular weight excluding hydrogens is 224 g/mol. The number of hydrogen-bond acceptors (Lipinski definition) is 2. The summed E-state index contributed by atoms with van der Waals surface area (Å²) in [6.45, 7) is 0. The summed E-state index contributed by atoms with van der Waals surface area (Å²) in [5, 5.41) is 12.3. The van der Waals surface area contributed by atoms with Crippen molar-refractivity contribution in [3.05, 3.63) is 0 Å². The van der Waals surface area contributed by atoms with Crippen molar-refractivity contribution in [3.8, 4) is 6.07 Å². The molecule has 0 saturated heterocycles. The molecule has 3 nitrogen and oxygen atoms in total. The van der Waals surface area contributed by atoms with Crippen LogP contribution in [0.3, 0.4) is 0 Å². The van der Waals surface area contributed by atoms with E-state index < -0.39 is 5.54 Å². The molecular formula is C15H22N2O. The van der Waals surface area contributed by atoms with E-state index in [1.54, 1.807) is 0 Å². The molecule has 0 heterocycles. The molecule has 1 N–H and O–H groups in total. The monoisotopic (exact) mass is 246 g/mol. The highest BCUT2D eigenvalue weighted by molar-refractivity contribution is 5.77. The normalized spacial score (nSPS) is 36.5. The van der Waals surface area contributed by atoms with E-state index in [1.807, 2.05) is 0 Å². The van der Waals surface area contributed by atoms with Gasteiger partial charge in [-0.05, 0) is 62.7 Å². The summed E-state index contributed by atoms with van der Waals surface area (Å²) in [6.07, 6.45) is 9.78. The Bertz CT molecular complexity index is 378. The number of nitrogens with zero attached hydrogens (tertiary/aromatic N) is 1. The summed E-state index contributed by atoms with van der Waals surface area (Å²) in [6, 6.07) is 2.34. The standard InChI is InChI=1S/C15H22N2O/c16-10-15(5-1-2-6-15)17-14(18)9-13-8-11-3-4-12(13)7-11/h11-13H,1-9H2,(H,17,18). The van der Waals surface area contributed by atoms with Crippen molar-refractivity contribution in [3.63, 3.8) is 0 Å². The van der Waals surface area contributed by atoms with Crippen LogP contribution in [0.15, 0.2) is 0 Å². The number of hydrogen-bond donors (Lipinski definition) is 1. The van der Waals surface area contributed by atoms with Crippen molar-refractivity contribution >= 4 is 5.91 Å². The minimum atomic E-state index is -0.533. The topological polar surface area (TPSA) is 52.9 Å². The summed E-state index contributed by atoms with van der Waals surface area (Å²) in [5.74, 6) is 2.41. The average Bonchev–Trinajstić information content (AvgIpc) is 3.04. The minimum Gasteiger partial charge on any atom is -0.338 e. The van der Waals surface area contributed by atoms with Gasteiger partial charge in [0.25, 0.3) is 0 Å².